The molecule has 4 rings (SSSR count). The van der Waals surface area contributed by atoms with Gasteiger partial charge in [-0.25, -0.2) is 0 Å². The van der Waals surface area contributed by atoms with Crippen LogP contribution in [0, 0.1) is 0 Å². The SMILES string of the molecule is BC1CC(=O)N(B)C(=O)[C@]1(B)N1Cc2cc(C(B)(B)N(B)C(=O)C(F)(F)c3ccc(Cl)cc3)ccc2C1=O. The van der Waals surface area contributed by atoms with Crippen LogP contribution in [0.3, 0.4) is 0 Å². The van der Waals surface area contributed by atoms with E-state index in [2.05, 4.69) is 0 Å². The fourth-order valence-corrected chi connectivity index (χ4v) is 5.29. The summed E-state index contributed by atoms with van der Waals surface area (Å²) in [5, 5.41) is -0.882. The highest BCUT2D eigenvalue weighted by molar-refractivity contribution is 6.44. The van der Waals surface area contributed by atoms with Gasteiger partial charge in [0.1, 0.15) is 31.4 Å². The van der Waals surface area contributed by atoms with Gasteiger partial charge in [0, 0.05) is 29.1 Å². The van der Waals surface area contributed by atoms with E-state index in [9.17, 15) is 19.2 Å². The smallest absolute Gasteiger partial charge is 0.348 e. The number of hydrogen-bond donors (Lipinski definition) is 0. The van der Waals surface area contributed by atoms with E-state index in [-0.39, 0.29) is 29.8 Å². The quantitative estimate of drug-likeness (QED) is 0.302. The molecule has 4 amide bonds. The number of carbonyl (C=O) groups is 4. The van der Waals surface area contributed by atoms with Gasteiger partial charge in [0.2, 0.25) is 27.8 Å². The van der Waals surface area contributed by atoms with Gasteiger partial charge in [-0.15, -0.1) is 0 Å². The molecule has 16 heteroatoms. The standard InChI is InChI=1S/C22H24B6ClF2N3O4/c23-15-8-16(35)33(27)18(37)20(15,24)32-9-10-7-12(3-6-14(10)17(32)36)22(25,26)34(28)19(38)21(30,31)11-1-4-13(29)5-2-11/h1-7,15H,8-9,23-28H2/t15?,20-/m1/s1. The molecule has 2 aliphatic heterocycles. The summed E-state index contributed by atoms with van der Waals surface area (Å²) in [5.41, 5.74) is -0.124. The third kappa shape index (κ3) is 4.19. The molecule has 2 aliphatic rings. The van der Waals surface area contributed by atoms with E-state index in [1.165, 1.54) is 33.0 Å². The molecule has 0 saturated carbocycles. The van der Waals surface area contributed by atoms with Crippen molar-refractivity contribution in [2.24, 2.45) is 0 Å². The molecule has 0 bridgehead atoms. The van der Waals surface area contributed by atoms with E-state index in [0.29, 0.717) is 16.7 Å². The molecule has 7 nitrogen and oxygen atoms in total. The Hall–Kier alpha value is -2.94. The highest BCUT2D eigenvalue weighted by atomic mass is 35.5. The topological polar surface area (TPSA) is 78.0 Å². The van der Waals surface area contributed by atoms with Gasteiger partial charge < -0.3 is 14.5 Å². The second-order valence-electron chi connectivity index (χ2n) is 10.8. The summed E-state index contributed by atoms with van der Waals surface area (Å²) in [4.78, 5) is 55.3. The van der Waals surface area contributed by atoms with Crippen LogP contribution in [0.1, 0.15) is 33.5 Å². The van der Waals surface area contributed by atoms with Gasteiger partial charge in [-0.2, -0.15) is 8.78 Å². The van der Waals surface area contributed by atoms with Gasteiger partial charge >= 0.3 is 5.92 Å². The van der Waals surface area contributed by atoms with Gasteiger partial charge in [-0.3, -0.25) is 19.2 Å². The molecule has 2 heterocycles. The number of amides is 4. The molecule has 0 N–H and O–H groups in total. The lowest BCUT2D eigenvalue weighted by atomic mass is 9.55. The number of carbonyl (C=O) groups excluding carboxylic acids is 4. The molecule has 0 aliphatic carbocycles. The zero-order valence-corrected chi connectivity index (χ0v) is 22.9. The van der Waals surface area contributed by atoms with Crippen LogP contribution in [-0.4, -0.2) is 90.9 Å². The Bertz CT molecular complexity index is 1370. The van der Waals surface area contributed by atoms with E-state index >= 15 is 8.78 Å². The number of fused-ring (bicyclic) bond motifs is 1. The van der Waals surface area contributed by atoms with Crippen molar-refractivity contribution in [2.75, 3.05) is 0 Å². The second-order valence-corrected chi connectivity index (χ2v) is 11.2. The first-order valence-electron chi connectivity index (χ1n) is 12.2. The number of hydrogen-bond acceptors (Lipinski definition) is 4. The first-order chi connectivity index (χ1) is 17.5. The van der Waals surface area contributed by atoms with Gasteiger partial charge in [0.15, 0.2) is 0 Å². The highest BCUT2D eigenvalue weighted by Gasteiger charge is 2.54. The predicted molar refractivity (Wildman–Crippen MR) is 154 cm³/mol. The minimum atomic E-state index is -3.78. The summed E-state index contributed by atoms with van der Waals surface area (Å²) >= 11 is 5.81. The Labute approximate surface area is 230 Å². The Balaban J connectivity index is 1.63. The zero-order valence-electron chi connectivity index (χ0n) is 22.1. The Kier molecular flexibility index (Phi) is 6.92. The molecule has 0 radical (unpaired) electrons. The number of alkyl halides is 2. The van der Waals surface area contributed by atoms with Gasteiger partial charge in [0.05, 0.1) is 5.44 Å². The number of imide groups is 1. The van der Waals surface area contributed by atoms with Crippen LogP contribution in [-0.2, 0) is 32.2 Å². The predicted octanol–water partition coefficient (Wildman–Crippen LogP) is -3.10. The summed E-state index contributed by atoms with van der Waals surface area (Å²) in [6.45, 7) is 0.116. The lowest BCUT2D eigenvalue weighted by Gasteiger charge is -2.47. The van der Waals surface area contributed by atoms with Crippen molar-refractivity contribution in [2.45, 2.75) is 35.5 Å². The molecule has 38 heavy (non-hydrogen) atoms. The van der Waals surface area contributed by atoms with Crippen LogP contribution in [0.4, 0.5) is 8.78 Å². The molecule has 0 aromatic heterocycles. The second kappa shape index (κ2) is 9.36. The minimum absolute atomic E-state index is 0.116. The van der Waals surface area contributed by atoms with Crippen molar-refractivity contribution in [3.8, 4) is 0 Å². The Morgan fingerprint density at radius 3 is 2.26 bits per heavy atom. The summed E-state index contributed by atoms with van der Waals surface area (Å²) in [5.74, 6) is -6.64. The van der Waals surface area contributed by atoms with Crippen molar-refractivity contribution >= 4 is 82.6 Å². The summed E-state index contributed by atoms with van der Waals surface area (Å²) < 4.78 is 30.3. The maximum atomic E-state index is 15.1. The minimum Gasteiger partial charge on any atom is -0.393 e. The lowest BCUT2D eigenvalue weighted by molar-refractivity contribution is -0.155. The fraction of sp³-hybridized carbons (Fsp3) is 0.273. The molecule has 190 valence electrons. The van der Waals surface area contributed by atoms with Gasteiger partial charge in [0.25, 0.3) is 11.8 Å². The maximum absolute atomic E-state index is 15.1. The van der Waals surface area contributed by atoms with Crippen LogP contribution in [0.25, 0.3) is 0 Å². The number of piperidine rings is 1. The summed E-state index contributed by atoms with van der Waals surface area (Å²) in [6.07, 6.45) is 0.131. The lowest BCUT2D eigenvalue weighted by Crippen LogP contribution is -2.66. The molecule has 2 aromatic rings. The molecule has 0 spiro atoms. The fourth-order valence-electron chi connectivity index (χ4n) is 5.16. The third-order valence-electron chi connectivity index (χ3n) is 8.35. The van der Waals surface area contributed by atoms with Crippen molar-refractivity contribution in [1.82, 2.24) is 14.5 Å². The van der Waals surface area contributed by atoms with E-state index in [0.717, 1.165) is 21.8 Å². The molecular weight excluding hydrogens is 509 g/mol. The van der Waals surface area contributed by atoms with Crippen LogP contribution >= 0.6 is 11.6 Å². The first-order valence-corrected chi connectivity index (χ1v) is 12.6. The van der Waals surface area contributed by atoms with Crippen LogP contribution in [0.2, 0.25) is 10.8 Å². The normalized spacial score (nSPS) is 22.0. The number of rotatable bonds is 5. The van der Waals surface area contributed by atoms with Crippen LogP contribution in [0.5, 0.6) is 0 Å². The van der Waals surface area contributed by atoms with E-state index in [4.69, 9.17) is 11.6 Å². The van der Waals surface area contributed by atoms with Crippen LogP contribution in [0.15, 0.2) is 42.5 Å². The first kappa shape index (κ1) is 28.1. The van der Waals surface area contributed by atoms with Gasteiger partial charge in [-0.1, -0.05) is 35.9 Å². The third-order valence-corrected chi connectivity index (χ3v) is 8.60. The van der Waals surface area contributed by atoms with E-state index in [1.807, 2.05) is 0 Å². The average molecular weight is 533 g/mol. The highest BCUT2D eigenvalue weighted by Crippen LogP contribution is 2.40. The number of halogens is 3. The zero-order chi connectivity index (χ0) is 28.4. The Morgan fingerprint density at radius 1 is 1.08 bits per heavy atom. The summed E-state index contributed by atoms with van der Waals surface area (Å²) in [6, 6.07) is 9.80. The monoisotopic (exact) mass is 533 g/mol. The molecule has 2 aromatic carbocycles. The van der Waals surface area contributed by atoms with Crippen molar-refractivity contribution in [3.63, 3.8) is 0 Å². The molecule has 1 unspecified atom stereocenters. The largest absolute Gasteiger partial charge is 0.393 e. The number of nitrogens with zero attached hydrogens (tertiary/aromatic N) is 3. The van der Waals surface area contributed by atoms with E-state index in [1.54, 1.807) is 49.6 Å². The maximum Gasteiger partial charge on any atom is 0.348 e. The average Bonchev–Trinajstić information content (AvgIpc) is 3.21. The molecule has 1 saturated heterocycles. The summed E-state index contributed by atoms with van der Waals surface area (Å²) in [7, 11) is 9.46. The molecular formula is C22H24B6ClF2N3O4. The van der Waals surface area contributed by atoms with Crippen molar-refractivity contribution < 1.29 is 28.0 Å². The molecule has 1 fully saturated rings. The van der Waals surface area contributed by atoms with Crippen molar-refractivity contribution in [1.29, 1.82) is 0 Å². The molecule has 2 atom stereocenters. The van der Waals surface area contributed by atoms with Gasteiger partial charge in [-0.05, 0) is 40.5 Å². The number of benzene rings is 2. The van der Waals surface area contributed by atoms with Crippen LogP contribution < -0.4 is 0 Å². The Morgan fingerprint density at radius 2 is 1.66 bits per heavy atom. The van der Waals surface area contributed by atoms with E-state index < -0.39 is 39.9 Å². The van der Waals surface area contributed by atoms with Crippen molar-refractivity contribution in [3.05, 3.63) is 69.7 Å².